The van der Waals surface area contributed by atoms with Gasteiger partial charge in [0.05, 0.1) is 7.11 Å². The summed E-state index contributed by atoms with van der Waals surface area (Å²) >= 11 is 0. The Morgan fingerprint density at radius 2 is 1.30 bits per heavy atom. The molecule has 0 aromatic heterocycles. The summed E-state index contributed by atoms with van der Waals surface area (Å²) in [5.74, 6) is 0.356. The second-order valence-electron chi connectivity index (χ2n) is 8.36. The van der Waals surface area contributed by atoms with Gasteiger partial charge in [-0.3, -0.25) is 0 Å². The molecule has 0 spiro atoms. The molecule has 0 radical (unpaired) electrons. The lowest BCUT2D eigenvalue weighted by Gasteiger charge is -2.26. The molecular weight excluding hydrogens is 394 g/mol. The van der Waals surface area contributed by atoms with Gasteiger partial charge in [0.25, 0.3) is 0 Å². The molecule has 3 aromatic carbocycles. The van der Waals surface area contributed by atoms with Gasteiger partial charge in [-0.25, -0.2) is 8.42 Å². The van der Waals surface area contributed by atoms with Gasteiger partial charge >= 0.3 is 0 Å². The van der Waals surface area contributed by atoms with Gasteiger partial charge in [-0.2, -0.15) is 4.31 Å². The molecule has 3 rings (SSSR count). The molecule has 0 aliphatic heterocycles. The molecule has 0 aliphatic rings. The van der Waals surface area contributed by atoms with Crippen LogP contribution in [0.15, 0.2) is 83.8 Å². The Labute approximate surface area is 180 Å². The van der Waals surface area contributed by atoms with E-state index in [-0.39, 0.29) is 23.4 Å². The van der Waals surface area contributed by atoms with Crippen LogP contribution in [0.1, 0.15) is 37.5 Å². The fourth-order valence-electron chi connectivity index (χ4n) is 3.28. The molecule has 158 valence electrons. The lowest BCUT2D eigenvalue weighted by Crippen LogP contribution is -2.31. The molecule has 0 N–H and O–H groups in total. The van der Waals surface area contributed by atoms with Crippen molar-refractivity contribution in [3.8, 4) is 5.75 Å². The van der Waals surface area contributed by atoms with Crippen molar-refractivity contribution in [3.63, 3.8) is 0 Å². The first-order chi connectivity index (χ1) is 14.2. The Balaban J connectivity index is 2.09. The Hall–Kier alpha value is -2.63. The van der Waals surface area contributed by atoms with Crippen LogP contribution in [0.25, 0.3) is 0 Å². The zero-order chi connectivity index (χ0) is 21.8. The molecular formula is C25H29NO3S. The van der Waals surface area contributed by atoms with Crippen LogP contribution in [-0.2, 0) is 28.5 Å². The van der Waals surface area contributed by atoms with Crippen LogP contribution in [0.2, 0.25) is 0 Å². The summed E-state index contributed by atoms with van der Waals surface area (Å²) in [4.78, 5) is 0.198. The number of ether oxygens (including phenoxy) is 1. The summed E-state index contributed by atoms with van der Waals surface area (Å²) in [6.45, 7) is 6.76. The van der Waals surface area contributed by atoms with E-state index in [0.29, 0.717) is 5.75 Å². The van der Waals surface area contributed by atoms with Crippen LogP contribution in [0, 0.1) is 0 Å². The standard InChI is InChI=1S/C25H29NO3S/c1-25(2,3)22-15-16-23(29-4)24(17-22)30(27,28)26(18-20-11-7-5-8-12-20)19-21-13-9-6-10-14-21/h5-17H,18-19H2,1-4H3. The lowest BCUT2D eigenvalue weighted by atomic mass is 9.87. The molecule has 0 heterocycles. The van der Waals surface area contributed by atoms with Gasteiger partial charge < -0.3 is 4.74 Å². The minimum absolute atomic E-state index is 0.180. The van der Waals surface area contributed by atoms with E-state index in [2.05, 4.69) is 20.8 Å². The average molecular weight is 424 g/mol. The highest BCUT2D eigenvalue weighted by Crippen LogP contribution is 2.33. The second-order valence-corrected chi connectivity index (χ2v) is 10.3. The first kappa shape index (κ1) is 22.1. The minimum atomic E-state index is -3.81. The van der Waals surface area contributed by atoms with Crippen LogP contribution in [-0.4, -0.2) is 19.8 Å². The summed E-state index contributed by atoms with van der Waals surface area (Å²) in [6.07, 6.45) is 0. The monoisotopic (exact) mass is 423 g/mol. The van der Waals surface area contributed by atoms with Crippen LogP contribution in [0.4, 0.5) is 0 Å². The van der Waals surface area contributed by atoms with E-state index in [4.69, 9.17) is 4.74 Å². The number of hydrogen-bond donors (Lipinski definition) is 0. The zero-order valence-corrected chi connectivity index (χ0v) is 18.8. The Bertz CT molecular complexity index is 1030. The molecule has 0 unspecified atom stereocenters. The minimum Gasteiger partial charge on any atom is -0.495 e. The van der Waals surface area contributed by atoms with E-state index in [1.807, 2.05) is 66.7 Å². The number of nitrogens with zero attached hydrogens (tertiary/aromatic N) is 1. The Morgan fingerprint density at radius 3 is 1.73 bits per heavy atom. The topological polar surface area (TPSA) is 46.6 Å². The number of methoxy groups -OCH3 is 1. The predicted molar refractivity (Wildman–Crippen MR) is 121 cm³/mol. The summed E-state index contributed by atoms with van der Waals surface area (Å²) in [7, 11) is -2.31. The smallest absolute Gasteiger partial charge is 0.247 e. The van der Waals surface area contributed by atoms with Gasteiger partial charge in [0, 0.05) is 13.1 Å². The van der Waals surface area contributed by atoms with Crippen molar-refractivity contribution in [1.82, 2.24) is 4.31 Å². The number of sulfonamides is 1. The van der Waals surface area contributed by atoms with Crippen molar-refractivity contribution in [1.29, 1.82) is 0 Å². The molecule has 0 bridgehead atoms. The van der Waals surface area contributed by atoms with Gasteiger partial charge in [-0.15, -0.1) is 0 Å². The lowest BCUT2D eigenvalue weighted by molar-refractivity contribution is 0.382. The van der Waals surface area contributed by atoms with E-state index in [1.165, 1.54) is 11.4 Å². The molecule has 0 amide bonds. The highest BCUT2D eigenvalue weighted by atomic mass is 32.2. The molecule has 0 saturated carbocycles. The molecule has 3 aromatic rings. The van der Waals surface area contributed by atoms with Crippen LogP contribution >= 0.6 is 0 Å². The molecule has 0 atom stereocenters. The van der Waals surface area contributed by atoms with Crippen molar-refractivity contribution in [2.24, 2.45) is 0 Å². The number of hydrogen-bond acceptors (Lipinski definition) is 3. The van der Waals surface area contributed by atoms with Gasteiger partial charge in [-0.1, -0.05) is 87.5 Å². The first-order valence-electron chi connectivity index (χ1n) is 9.98. The van der Waals surface area contributed by atoms with E-state index in [9.17, 15) is 8.42 Å². The fraction of sp³-hybridized carbons (Fsp3) is 0.280. The summed E-state index contributed by atoms with van der Waals surface area (Å²) in [5, 5.41) is 0. The normalized spacial score (nSPS) is 12.2. The number of benzene rings is 3. The second kappa shape index (κ2) is 9.02. The fourth-order valence-corrected chi connectivity index (χ4v) is 4.88. The predicted octanol–water partition coefficient (Wildman–Crippen LogP) is 5.38. The third-order valence-electron chi connectivity index (χ3n) is 5.05. The van der Waals surface area contributed by atoms with E-state index in [1.54, 1.807) is 12.1 Å². The third-order valence-corrected chi connectivity index (χ3v) is 6.86. The summed E-state index contributed by atoms with van der Waals surface area (Å²) < 4.78 is 34.7. The van der Waals surface area contributed by atoms with Gasteiger partial charge in [0.1, 0.15) is 10.6 Å². The van der Waals surface area contributed by atoms with E-state index >= 15 is 0 Å². The van der Waals surface area contributed by atoms with Crippen molar-refractivity contribution in [2.45, 2.75) is 44.2 Å². The molecule has 0 saturated heterocycles. The average Bonchev–Trinajstić information content (AvgIpc) is 2.73. The van der Waals surface area contributed by atoms with Crippen molar-refractivity contribution in [2.75, 3.05) is 7.11 Å². The maximum atomic E-state index is 13.8. The van der Waals surface area contributed by atoms with Crippen molar-refractivity contribution < 1.29 is 13.2 Å². The van der Waals surface area contributed by atoms with Crippen LogP contribution in [0.5, 0.6) is 5.75 Å². The quantitative estimate of drug-likeness (QED) is 0.512. The Kier molecular flexibility index (Phi) is 6.64. The largest absolute Gasteiger partial charge is 0.495 e. The van der Waals surface area contributed by atoms with Crippen LogP contribution in [0.3, 0.4) is 0 Å². The molecule has 5 heteroatoms. The van der Waals surface area contributed by atoms with Crippen molar-refractivity contribution >= 4 is 10.0 Å². The maximum absolute atomic E-state index is 13.8. The van der Waals surface area contributed by atoms with E-state index < -0.39 is 10.0 Å². The summed E-state index contributed by atoms with van der Waals surface area (Å²) in [5.41, 5.74) is 2.63. The molecule has 0 fully saturated rings. The SMILES string of the molecule is COc1ccc(C(C)(C)C)cc1S(=O)(=O)N(Cc1ccccc1)Cc1ccccc1. The van der Waals surface area contributed by atoms with Gasteiger partial charge in [0.15, 0.2) is 0 Å². The third kappa shape index (κ3) is 5.10. The molecule has 0 aliphatic carbocycles. The summed E-state index contributed by atoms with van der Waals surface area (Å²) in [6, 6.07) is 24.7. The molecule has 4 nitrogen and oxygen atoms in total. The van der Waals surface area contributed by atoms with Crippen molar-refractivity contribution in [3.05, 3.63) is 95.6 Å². The van der Waals surface area contributed by atoms with Crippen LogP contribution < -0.4 is 4.74 Å². The van der Waals surface area contributed by atoms with Gasteiger partial charge in [-0.05, 0) is 34.2 Å². The first-order valence-corrected chi connectivity index (χ1v) is 11.4. The Morgan fingerprint density at radius 1 is 0.800 bits per heavy atom. The highest BCUT2D eigenvalue weighted by Gasteiger charge is 2.30. The van der Waals surface area contributed by atoms with E-state index in [0.717, 1.165) is 16.7 Å². The van der Waals surface area contributed by atoms with Gasteiger partial charge in [0.2, 0.25) is 10.0 Å². The highest BCUT2D eigenvalue weighted by molar-refractivity contribution is 7.89. The number of rotatable bonds is 7. The zero-order valence-electron chi connectivity index (χ0n) is 18.0. The molecule has 30 heavy (non-hydrogen) atoms. The maximum Gasteiger partial charge on any atom is 0.247 e.